The van der Waals surface area contributed by atoms with Crippen LogP contribution in [0, 0.1) is 6.92 Å². The third-order valence-electron chi connectivity index (χ3n) is 4.96. The average molecular weight is 352 g/mol. The van der Waals surface area contributed by atoms with Gasteiger partial charge in [-0.05, 0) is 48.4 Å². The van der Waals surface area contributed by atoms with Gasteiger partial charge in [0.1, 0.15) is 0 Å². The van der Waals surface area contributed by atoms with Gasteiger partial charge in [0.15, 0.2) is 11.5 Å². The fourth-order valence-corrected chi connectivity index (χ4v) is 3.22. The Hall–Kier alpha value is -2.30. The molecular weight excluding hydrogens is 324 g/mol. The van der Waals surface area contributed by atoms with Crippen LogP contribution < -0.4 is 4.74 Å². The fourth-order valence-electron chi connectivity index (χ4n) is 3.22. The Morgan fingerprint density at radius 2 is 1.65 bits per heavy atom. The lowest BCUT2D eigenvalue weighted by Gasteiger charge is -2.32. The molecule has 0 bridgehead atoms. The van der Waals surface area contributed by atoms with E-state index < -0.39 is 0 Å². The summed E-state index contributed by atoms with van der Waals surface area (Å²) in [7, 11) is 3.75. The number of aryl methyl sites for hydroxylation is 1. The number of hydrogen-bond donors (Lipinski definition) is 1. The molecule has 1 aliphatic heterocycles. The second-order valence-corrected chi connectivity index (χ2v) is 7.04. The molecule has 0 aromatic heterocycles. The lowest BCUT2D eigenvalue weighted by molar-refractivity contribution is 0.148. The molecule has 3 rings (SSSR count). The van der Waals surface area contributed by atoms with E-state index in [1.807, 2.05) is 25.1 Å². The van der Waals surface area contributed by atoms with Gasteiger partial charge in [-0.2, -0.15) is 0 Å². The summed E-state index contributed by atoms with van der Waals surface area (Å²) in [6.45, 7) is 7.47. The number of rotatable bonds is 5. The Labute approximate surface area is 156 Å². The van der Waals surface area contributed by atoms with Gasteiger partial charge in [-0.15, -0.1) is 0 Å². The maximum Gasteiger partial charge on any atom is 0.161 e. The number of aromatic hydroxyl groups is 1. The first-order valence-electron chi connectivity index (χ1n) is 9.10. The van der Waals surface area contributed by atoms with Crippen LogP contribution in [0.25, 0.3) is 12.2 Å². The van der Waals surface area contributed by atoms with E-state index in [0.29, 0.717) is 5.75 Å². The maximum absolute atomic E-state index is 9.93. The van der Waals surface area contributed by atoms with Crippen molar-refractivity contribution in [2.45, 2.75) is 13.5 Å². The van der Waals surface area contributed by atoms with Crippen LogP contribution in [0.15, 0.2) is 36.4 Å². The Morgan fingerprint density at radius 3 is 2.31 bits per heavy atom. The third kappa shape index (κ3) is 4.65. The summed E-state index contributed by atoms with van der Waals surface area (Å²) in [5, 5.41) is 9.93. The lowest BCUT2D eigenvalue weighted by atomic mass is 10.1. The van der Waals surface area contributed by atoms with Crippen molar-refractivity contribution in [3.05, 3.63) is 58.7 Å². The zero-order valence-electron chi connectivity index (χ0n) is 15.9. The second-order valence-electron chi connectivity index (χ2n) is 7.04. The highest BCUT2D eigenvalue weighted by Crippen LogP contribution is 2.31. The van der Waals surface area contributed by atoms with Crippen LogP contribution in [0.2, 0.25) is 0 Å². The minimum atomic E-state index is 0.206. The van der Waals surface area contributed by atoms with E-state index in [2.05, 4.69) is 47.2 Å². The van der Waals surface area contributed by atoms with Crippen molar-refractivity contribution in [1.82, 2.24) is 9.80 Å². The van der Waals surface area contributed by atoms with Crippen LogP contribution in [0.4, 0.5) is 0 Å². The predicted molar refractivity (Wildman–Crippen MR) is 108 cm³/mol. The van der Waals surface area contributed by atoms with Gasteiger partial charge in [-0.1, -0.05) is 36.4 Å². The predicted octanol–water partition coefficient (Wildman–Crippen LogP) is 3.63. The number of phenols is 1. The highest BCUT2D eigenvalue weighted by molar-refractivity contribution is 5.71. The SMILES string of the molecule is COc1cc(/C=C/c2ccc(CN3CCN(C)CC3)cc2)cc(C)c1O. The molecule has 4 nitrogen and oxygen atoms in total. The summed E-state index contributed by atoms with van der Waals surface area (Å²) in [6.07, 6.45) is 4.13. The molecule has 1 N–H and O–H groups in total. The number of benzene rings is 2. The number of methoxy groups -OCH3 is 1. The molecule has 0 radical (unpaired) electrons. The first kappa shape index (κ1) is 18.5. The molecule has 0 amide bonds. The first-order valence-corrected chi connectivity index (χ1v) is 9.10. The van der Waals surface area contributed by atoms with Gasteiger partial charge < -0.3 is 14.7 Å². The molecule has 1 fully saturated rings. The zero-order valence-corrected chi connectivity index (χ0v) is 15.9. The van der Waals surface area contributed by atoms with E-state index in [9.17, 15) is 5.11 Å². The molecule has 1 heterocycles. The Balaban J connectivity index is 1.64. The van der Waals surface area contributed by atoms with E-state index in [4.69, 9.17) is 4.74 Å². The number of piperazine rings is 1. The quantitative estimate of drug-likeness (QED) is 0.834. The average Bonchev–Trinajstić information content (AvgIpc) is 2.65. The van der Waals surface area contributed by atoms with Gasteiger partial charge in [0.2, 0.25) is 0 Å². The standard InChI is InChI=1S/C22H28N2O2/c1-17-14-20(15-21(26-3)22(17)25)9-6-18-4-7-19(8-5-18)16-24-12-10-23(2)11-13-24/h4-9,14-15,25H,10-13,16H2,1-3H3/b9-6+. The van der Waals surface area contributed by atoms with Crippen LogP contribution in [-0.2, 0) is 6.54 Å². The van der Waals surface area contributed by atoms with Crippen molar-refractivity contribution in [3.63, 3.8) is 0 Å². The summed E-state index contributed by atoms with van der Waals surface area (Å²) >= 11 is 0. The van der Waals surface area contributed by atoms with E-state index in [1.165, 1.54) is 5.56 Å². The first-order chi connectivity index (χ1) is 12.5. The molecule has 1 saturated heterocycles. The van der Waals surface area contributed by atoms with Crippen molar-refractivity contribution < 1.29 is 9.84 Å². The van der Waals surface area contributed by atoms with Gasteiger partial charge in [0.25, 0.3) is 0 Å². The molecule has 138 valence electrons. The van der Waals surface area contributed by atoms with E-state index in [0.717, 1.165) is 49.4 Å². The van der Waals surface area contributed by atoms with Gasteiger partial charge in [0, 0.05) is 32.7 Å². The van der Waals surface area contributed by atoms with Gasteiger partial charge in [0.05, 0.1) is 7.11 Å². The van der Waals surface area contributed by atoms with Gasteiger partial charge >= 0.3 is 0 Å². The van der Waals surface area contributed by atoms with Crippen molar-refractivity contribution in [2.75, 3.05) is 40.3 Å². The maximum atomic E-state index is 9.93. The van der Waals surface area contributed by atoms with Crippen LogP contribution >= 0.6 is 0 Å². The Kier molecular flexibility index (Phi) is 5.96. The number of ether oxygens (including phenoxy) is 1. The van der Waals surface area contributed by atoms with Gasteiger partial charge in [-0.3, -0.25) is 4.90 Å². The third-order valence-corrected chi connectivity index (χ3v) is 4.96. The summed E-state index contributed by atoms with van der Waals surface area (Å²) in [4.78, 5) is 4.89. The number of likely N-dealkylation sites (N-methyl/N-ethyl adjacent to an activating group) is 1. The molecule has 26 heavy (non-hydrogen) atoms. The van der Waals surface area contributed by atoms with Crippen LogP contribution in [-0.4, -0.2) is 55.2 Å². The van der Waals surface area contributed by atoms with Crippen molar-refractivity contribution >= 4 is 12.2 Å². The van der Waals surface area contributed by atoms with Crippen LogP contribution in [0.3, 0.4) is 0 Å². The number of phenolic OH excluding ortho intramolecular Hbond substituents is 1. The highest BCUT2D eigenvalue weighted by atomic mass is 16.5. The molecule has 2 aromatic carbocycles. The summed E-state index contributed by atoms with van der Waals surface area (Å²) in [5.41, 5.74) is 4.34. The van der Waals surface area contributed by atoms with Gasteiger partial charge in [-0.25, -0.2) is 0 Å². The zero-order chi connectivity index (χ0) is 18.5. The highest BCUT2D eigenvalue weighted by Gasteiger charge is 2.13. The molecule has 2 aromatic rings. The number of hydrogen-bond acceptors (Lipinski definition) is 4. The number of nitrogens with zero attached hydrogens (tertiary/aromatic N) is 2. The Bertz CT molecular complexity index is 760. The minimum absolute atomic E-state index is 0.206. The van der Waals surface area contributed by atoms with Crippen LogP contribution in [0.1, 0.15) is 22.3 Å². The second kappa shape index (κ2) is 8.39. The monoisotopic (exact) mass is 352 g/mol. The van der Waals surface area contributed by atoms with Crippen molar-refractivity contribution in [1.29, 1.82) is 0 Å². The van der Waals surface area contributed by atoms with Crippen molar-refractivity contribution in [3.8, 4) is 11.5 Å². The molecular formula is C22H28N2O2. The topological polar surface area (TPSA) is 35.9 Å². The van der Waals surface area contributed by atoms with Crippen molar-refractivity contribution in [2.24, 2.45) is 0 Å². The summed E-state index contributed by atoms with van der Waals surface area (Å²) in [6, 6.07) is 12.5. The molecule has 4 heteroatoms. The molecule has 0 spiro atoms. The normalized spacial score (nSPS) is 16.3. The molecule has 0 saturated carbocycles. The fraction of sp³-hybridized carbons (Fsp3) is 0.364. The largest absolute Gasteiger partial charge is 0.504 e. The van der Waals surface area contributed by atoms with E-state index in [1.54, 1.807) is 7.11 Å². The minimum Gasteiger partial charge on any atom is -0.504 e. The molecule has 1 aliphatic rings. The molecule has 0 aliphatic carbocycles. The van der Waals surface area contributed by atoms with Crippen LogP contribution in [0.5, 0.6) is 11.5 Å². The molecule has 0 unspecified atom stereocenters. The van der Waals surface area contributed by atoms with E-state index in [-0.39, 0.29) is 5.75 Å². The summed E-state index contributed by atoms with van der Waals surface area (Å²) in [5.74, 6) is 0.713. The summed E-state index contributed by atoms with van der Waals surface area (Å²) < 4.78 is 5.22. The lowest BCUT2D eigenvalue weighted by Crippen LogP contribution is -2.43. The smallest absolute Gasteiger partial charge is 0.161 e. The Morgan fingerprint density at radius 1 is 1.00 bits per heavy atom. The van der Waals surface area contributed by atoms with E-state index >= 15 is 0 Å². The molecule has 0 atom stereocenters.